The van der Waals surface area contributed by atoms with Crippen LogP contribution in [0.2, 0.25) is 0 Å². The highest BCUT2D eigenvalue weighted by Gasteiger charge is 2.11. The smallest absolute Gasteiger partial charge is 0.317 e. The van der Waals surface area contributed by atoms with Gasteiger partial charge < -0.3 is 14.6 Å². The van der Waals surface area contributed by atoms with E-state index in [-0.39, 0.29) is 11.8 Å². The van der Waals surface area contributed by atoms with Gasteiger partial charge in [-0.05, 0) is 55.3 Å². The van der Waals surface area contributed by atoms with Crippen molar-refractivity contribution in [1.82, 2.24) is 20.4 Å². The maximum atomic E-state index is 13.4. The Hall–Kier alpha value is -3.13. The van der Waals surface area contributed by atoms with Crippen LogP contribution in [0.5, 0.6) is 0 Å². The number of aryl methyl sites for hydroxylation is 1. The number of carbonyl (C=O) groups is 1. The zero-order chi connectivity index (χ0) is 21.8. The Morgan fingerprint density at radius 1 is 1.23 bits per heavy atom. The molecule has 2 amide bonds. The molecule has 0 saturated heterocycles. The Morgan fingerprint density at radius 2 is 2.10 bits per heavy atom. The van der Waals surface area contributed by atoms with Crippen molar-refractivity contribution in [2.24, 2.45) is 0 Å². The number of H-pyrrole nitrogens is 1. The number of aromatic amines is 1. The topological polar surface area (TPSA) is 74.2 Å². The number of benzene rings is 2. The van der Waals surface area contributed by atoms with Crippen LogP contribution in [0.1, 0.15) is 17.9 Å². The summed E-state index contributed by atoms with van der Waals surface area (Å²) in [5, 5.41) is 11.1. The van der Waals surface area contributed by atoms with Gasteiger partial charge in [-0.3, -0.25) is 5.10 Å². The van der Waals surface area contributed by atoms with Crippen LogP contribution < -0.4 is 5.32 Å². The minimum Gasteiger partial charge on any atom is -0.459 e. The molecule has 4 aromatic rings. The zero-order valence-corrected chi connectivity index (χ0v) is 18.6. The van der Waals surface area contributed by atoms with E-state index in [1.807, 2.05) is 36.4 Å². The number of nitrogens with zero attached hydrogens (tertiary/aromatic N) is 2. The number of hydrogen-bond acceptors (Lipinski definition) is 3. The first-order chi connectivity index (χ1) is 15.0. The molecule has 4 rings (SSSR count). The lowest BCUT2D eigenvalue weighted by molar-refractivity contribution is 0.207. The molecule has 0 radical (unpaired) electrons. The lowest BCUT2D eigenvalue weighted by Crippen LogP contribution is -2.37. The minimum atomic E-state index is -0.287. The predicted molar refractivity (Wildman–Crippen MR) is 121 cm³/mol. The standard InChI is InChI=1S/C23H22BrFN4O2/c1-29(23(30)26-14-20-12-16-10-17(24)7-8-22(16)31-20)9-3-6-19-13-21(28-27-19)15-4-2-5-18(25)11-15/h2,4-5,7-8,10-13H,3,6,9,14H2,1H3,(H,26,30)(H,27,28). The zero-order valence-electron chi connectivity index (χ0n) is 17.0. The maximum Gasteiger partial charge on any atom is 0.317 e. The Morgan fingerprint density at radius 3 is 2.94 bits per heavy atom. The predicted octanol–water partition coefficient (Wildman–Crippen LogP) is 5.50. The highest BCUT2D eigenvalue weighted by Crippen LogP contribution is 2.23. The molecule has 0 atom stereocenters. The molecule has 8 heteroatoms. The maximum absolute atomic E-state index is 13.4. The fourth-order valence-corrected chi connectivity index (χ4v) is 3.73. The third-order valence-corrected chi connectivity index (χ3v) is 5.47. The van der Waals surface area contributed by atoms with E-state index in [1.165, 1.54) is 12.1 Å². The summed E-state index contributed by atoms with van der Waals surface area (Å²) in [4.78, 5) is 14.0. The summed E-state index contributed by atoms with van der Waals surface area (Å²) in [7, 11) is 1.76. The Bertz CT molecular complexity index is 1200. The van der Waals surface area contributed by atoms with E-state index >= 15 is 0 Å². The van der Waals surface area contributed by atoms with Crippen molar-refractivity contribution >= 4 is 32.9 Å². The van der Waals surface area contributed by atoms with Gasteiger partial charge in [0.15, 0.2) is 0 Å². The molecule has 31 heavy (non-hydrogen) atoms. The summed E-state index contributed by atoms with van der Waals surface area (Å²) in [6.45, 7) is 0.917. The number of furan rings is 1. The molecule has 0 bridgehead atoms. The van der Waals surface area contributed by atoms with E-state index in [0.717, 1.165) is 39.5 Å². The summed E-state index contributed by atoms with van der Waals surface area (Å²) in [5.41, 5.74) is 3.18. The molecule has 0 fully saturated rings. The van der Waals surface area contributed by atoms with E-state index in [4.69, 9.17) is 4.42 Å². The second-order valence-electron chi connectivity index (χ2n) is 7.37. The summed E-state index contributed by atoms with van der Waals surface area (Å²) in [5.74, 6) is 0.419. The lowest BCUT2D eigenvalue weighted by Gasteiger charge is -2.17. The van der Waals surface area contributed by atoms with Crippen LogP contribution in [0.15, 0.2) is 63.5 Å². The molecule has 0 saturated carbocycles. The fourth-order valence-electron chi connectivity index (χ4n) is 3.35. The minimum absolute atomic E-state index is 0.160. The Kier molecular flexibility index (Phi) is 6.36. The largest absolute Gasteiger partial charge is 0.459 e. The van der Waals surface area contributed by atoms with E-state index in [0.29, 0.717) is 24.5 Å². The average Bonchev–Trinajstić information content (AvgIpc) is 3.38. The van der Waals surface area contributed by atoms with Crippen molar-refractivity contribution < 1.29 is 13.6 Å². The van der Waals surface area contributed by atoms with Crippen LogP contribution in [0.3, 0.4) is 0 Å². The van der Waals surface area contributed by atoms with Gasteiger partial charge in [-0.25, -0.2) is 9.18 Å². The molecule has 2 N–H and O–H groups in total. The van der Waals surface area contributed by atoms with Crippen LogP contribution in [-0.2, 0) is 13.0 Å². The van der Waals surface area contributed by atoms with Crippen LogP contribution in [0.25, 0.3) is 22.2 Å². The number of nitrogens with one attached hydrogen (secondary N) is 2. The molecule has 2 heterocycles. The highest BCUT2D eigenvalue weighted by atomic mass is 79.9. The molecule has 0 aliphatic heterocycles. The Labute approximate surface area is 187 Å². The second kappa shape index (κ2) is 9.34. The van der Waals surface area contributed by atoms with Gasteiger partial charge in [-0.1, -0.05) is 28.1 Å². The lowest BCUT2D eigenvalue weighted by atomic mass is 10.1. The first kappa shape index (κ1) is 21.1. The van der Waals surface area contributed by atoms with E-state index in [2.05, 4.69) is 31.4 Å². The number of carbonyl (C=O) groups excluding carboxylic acids is 1. The molecule has 0 aliphatic rings. The molecule has 0 unspecified atom stereocenters. The van der Waals surface area contributed by atoms with Crippen molar-refractivity contribution in [3.63, 3.8) is 0 Å². The number of amides is 2. The normalized spacial score (nSPS) is 11.1. The van der Waals surface area contributed by atoms with E-state index in [9.17, 15) is 9.18 Å². The number of aromatic nitrogens is 2. The van der Waals surface area contributed by atoms with Gasteiger partial charge in [0, 0.05) is 34.7 Å². The summed E-state index contributed by atoms with van der Waals surface area (Å²) in [6, 6.07) is 15.8. The monoisotopic (exact) mass is 484 g/mol. The Balaban J connectivity index is 1.24. The van der Waals surface area contributed by atoms with E-state index in [1.54, 1.807) is 18.0 Å². The van der Waals surface area contributed by atoms with E-state index < -0.39 is 0 Å². The van der Waals surface area contributed by atoms with Crippen LogP contribution >= 0.6 is 15.9 Å². The van der Waals surface area contributed by atoms with Crippen LogP contribution in [-0.4, -0.2) is 34.7 Å². The first-order valence-electron chi connectivity index (χ1n) is 9.95. The quantitative estimate of drug-likeness (QED) is 0.363. The van der Waals surface area contributed by atoms with Gasteiger partial charge in [0.2, 0.25) is 0 Å². The molecule has 6 nitrogen and oxygen atoms in total. The second-order valence-corrected chi connectivity index (χ2v) is 8.28. The average molecular weight is 485 g/mol. The molecule has 0 spiro atoms. The summed E-state index contributed by atoms with van der Waals surface area (Å²) in [6.07, 6.45) is 1.51. The van der Waals surface area contributed by atoms with Gasteiger partial charge in [-0.2, -0.15) is 5.10 Å². The van der Waals surface area contributed by atoms with Gasteiger partial charge in [0.05, 0.1) is 12.2 Å². The van der Waals surface area contributed by atoms with Crippen LogP contribution in [0, 0.1) is 5.82 Å². The molecule has 160 valence electrons. The molecular weight excluding hydrogens is 463 g/mol. The highest BCUT2D eigenvalue weighted by molar-refractivity contribution is 9.10. The van der Waals surface area contributed by atoms with Crippen molar-refractivity contribution in [3.05, 3.63) is 76.3 Å². The number of halogens is 2. The molecule has 2 aromatic carbocycles. The van der Waals surface area contributed by atoms with Crippen molar-refractivity contribution in [3.8, 4) is 11.3 Å². The molecule has 0 aliphatic carbocycles. The van der Waals surface area contributed by atoms with Crippen molar-refractivity contribution in [2.75, 3.05) is 13.6 Å². The van der Waals surface area contributed by atoms with Crippen LogP contribution in [0.4, 0.5) is 9.18 Å². The van der Waals surface area contributed by atoms with Gasteiger partial charge >= 0.3 is 6.03 Å². The van der Waals surface area contributed by atoms with Crippen molar-refractivity contribution in [1.29, 1.82) is 0 Å². The molecule has 2 aromatic heterocycles. The number of rotatable bonds is 7. The third-order valence-electron chi connectivity index (χ3n) is 4.98. The SMILES string of the molecule is CN(CCCc1cc(-c2cccc(F)c2)n[nH]1)C(=O)NCc1cc2cc(Br)ccc2o1. The number of fused-ring (bicyclic) bond motifs is 1. The third kappa shape index (κ3) is 5.32. The summed E-state index contributed by atoms with van der Waals surface area (Å²) >= 11 is 3.44. The molecular formula is C23H22BrFN4O2. The number of urea groups is 1. The number of hydrogen-bond donors (Lipinski definition) is 2. The fraction of sp³-hybridized carbons (Fsp3) is 0.217. The van der Waals surface area contributed by atoms with Crippen molar-refractivity contribution in [2.45, 2.75) is 19.4 Å². The van der Waals surface area contributed by atoms with Gasteiger partial charge in [0.25, 0.3) is 0 Å². The summed E-state index contributed by atoms with van der Waals surface area (Å²) < 4.78 is 20.1. The van der Waals surface area contributed by atoms with Gasteiger partial charge in [-0.15, -0.1) is 0 Å². The van der Waals surface area contributed by atoms with Gasteiger partial charge in [0.1, 0.15) is 17.2 Å². The first-order valence-corrected chi connectivity index (χ1v) is 10.7.